The van der Waals surface area contributed by atoms with Gasteiger partial charge < -0.3 is 4.84 Å². The Morgan fingerprint density at radius 3 is 2.86 bits per heavy atom. The van der Waals surface area contributed by atoms with Crippen LogP contribution in [-0.2, 0) is 0 Å². The van der Waals surface area contributed by atoms with Crippen LogP contribution in [0.2, 0.25) is 5.15 Å². The van der Waals surface area contributed by atoms with E-state index in [0.717, 1.165) is 12.1 Å². The molecule has 0 aliphatic heterocycles. The minimum absolute atomic E-state index is 0.358. The zero-order valence-electron chi connectivity index (χ0n) is 8.41. The van der Waals surface area contributed by atoms with Crippen LogP contribution in [0.3, 0.4) is 0 Å². The van der Waals surface area contributed by atoms with E-state index in [0.29, 0.717) is 16.9 Å². The predicted molar refractivity (Wildman–Crippen MR) is 55.8 cm³/mol. The number of aromatic nitrogens is 2. The van der Waals surface area contributed by atoms with Gasteiger partial charge in [0, 0.05) is 6.07 Å². The molecule has 0 aliphatic carbocycles. The van der Waals surface area contributed by atoms with E-state index in [-0.39, 0.29) is 0 Å². The smallest absolute Gasteiger partial charge is 0.253 e. The molecule has 0 fully saturated rings. The van der Waals surface area contributed by atoms with Crippen molar-refractivity contribution in [1.82, 2.24) is 9.97 Å². The van der Waals surface area contributed by atoms with Gasteiger partial charge in [0.2, 0.25) is 0 Å². The summed E-state index contributed by atoms with van der Waals surface area (Å²) in [5.41, 5.74) is 0.900. The molecule has 0 saturated carbocycles. The summed E-state index contributed by atoms with van der Waals surface area (Å²) in [5.74, 6) is 0.937. The summed E-state index contributed by atoms with van der Waals surface area (Å²) in [6, 6.07) is 1.53. The lowest BCUT2D eigenvalue weighted by Crippen LogP contribution is -1.96. The molecular formula is C9H12ClN3O. The molecule has 0 aliphatic rings. The number of oxime groups is 1. The molecule has 1 heterocycles. The van der Waals surface area contributed by atoms with Crippen molar-refractivity contribution >= 4 is 17.3 Å². The van der Waals surface area contributed by atoms with Crippen LogP contribution in [0.5, 0.6) is 5.88 Å². The first kappa shape index (κ1) is 10.9. The van der Waals surface area contributed by atoms with Crippen molar-refractivity contribution in [3.63, 3.8) is 0 Å². The highest BCUT2D eigenvalue weighted by Crippen LogP contribution is 2.13. The average Bonchev–Trinajstić information content (AvgIpc) is 2.12. The first-order valence-corrected chi connectivity index (χ1v) is 4.71. The van der Waals surface area contributed by atoms with Crippen LogP contribution in [-0.4, -0.2) is 15.7 Å². The van der Waals surface area contributed by atoms with E-state index in [1.165, 1.54) is 6.07 Å². The lowest BCUT2D eigenvalue weighted by atomic mass is 10.3. The maximum Gasteiger partial charge on any atom is 0.253 e. The number of aryl methyl sites for hydroxylation is 1. The highest BCUT2D eigenvalue weighted by Gasteiger charge is 2.00. The van der Waals surface area contributed by atoms with Crippen molar-refractivity contribution in [1.29, 1.82) is 0 Å². The van der Waals surface area contributed by atoms with E-state index in [1.54, 1.807) is 6.92 Å². The van der Waals surface area contributed by atoms with Crippen molar-refractivity contribution in [3.05, 3.63) is 17.0 Å². The van der Waals surface area contributed by atoms with Gasteiger partial charge in [0.05, 0.1) is 5.71 Å². The Balaban J connectivity index is 2.77. The fourth-order valence-electron chi connectivity index (χ4n) is 0.741. The number of rotatable bonds is 3. The summed E-state index contributed by atoms with van der Waals surface area (Å²) >= 11 is 5.72. The molecule has 0 amide bonds. The first-order valence-electron chi connectivity index (χ1n) is 4.33. The lowest BCUT2D eigenvalue weighted by Gasteiger charge is -2.00. The molecule has 0 saturated heterocycles. The molecule has 76 valence electrons. The van der Waals surface area contributed by atoms with Gasteiger partial charge in [0.1, 0.15) is 11.0 Å². The quantitative estimate of drug-likeness (QED) is 0.441. The summed E-state index contributed by atoms with van der Waals surface area (Å²) in [6.45, 7) is 5.63. The van der Waals surface area contributed by atoms with E-state index in [4.69, 9.17) is 16.4 Å². The van der Waals surface area contributed by atoms with Crippen LogP contribution in [0.1, 0.15) is 26.1 Å². The monoisotopic (exact) mass is 213 g/mol. The second-order valence-corrected chi connectivity index (χ2v) is 3.23. The molecule has 5 heteroatoms. The molecule has 0 N–H and O–H groups in total. The van der Waals surface area contributed by atoms with Crippen LogP contribution < -0.4 is 4.84 Å². The predicted octanol–water partition coefficient (Wildman–Crippen LogP) is 2.60. The van der Waals surface area contributed by atoms with Gasteiger partial charge in [0.15, 0.2) is 0 Å². The van der Waals surface area contributed by atoms with E-state index in [2.05, 4.69) is 15.1 Å². The van der Waals surface area contributed by atoms with Gasteiger partial charge in [-0.1, -0.05) is 23.7 Å². The number of halogens is 1. The molecule has 0 radical (unpaired) electrons. The third-order valence-electron chi connectivity index (χ3n) is 1.59. The first-order chi connectivity index (χ1) is 6.61. The van der Waals surface area contributed by atoms with E-state index >= 15 is 0 Å². The van der Waals surface area contributed by atoms with Gasteiger partial charge in [-0.2, -0.15) is 4.98 Å². The van der Waals surface area contributed by atoms with Gasteiger partial charge in [0.25, 0.3) is 5.88 Å². The Kier molecular flexibility index (Phi) is 3.83. The minimum atomic E-state index is 0.358. The second-order valence-electron chi connectivity index (χ2n) is 2.85. The summed E-state index contributed by atoms with van der Waals surface area (Å²) in [7, 11) is 0. The molecule has 1 aromatic rings. The van der Waals surface area contributed by atoms with Gasteiger partial charge in [-0.15, -0.1) is 0 Å². The second kappa shape index (κ2) is 4.91. The Labute approximate surface area is 88.0 Å². The molecular weight excluding hydrogens is 202 g/mol. The molecule has 1 aromatic heterocycles. The zero-order chi connectivity index (χ0) is 10.6. The highest BCUT2D eigenvalue weighted by molar-refractivity contribution is 6.29. The average molecular weight is 214 g/mol. The topological polar surface area (TPSA) is 47.4 Å². The van der Waals surface area contributed by atoms with Gasteiger partial charge >= 0.3 is 0 Å². The fraction of sp³-hybridized carbons (Fsp3) is 0.444. The normalized spacial score (nSPS) is 11.6. The van der Waals surface area contributed by atoms with Gasteiger partial charge in [-0.05, 0) is 20.3 Å². The highest BCUT2D eigenvalue weighted by atomic mass is 35.5. The molecule has 14 heavy (non-hydrogen) atoms. The maximum absolute atomic E-state index is 5.72. The lowest BCUT2D eigenvalue weighted by molar-refractivity contribution is 0.324. The van der Waals surface area contributed by atoms with E-state index in [1.807, 2.05) is 13.8 Å². The standard InChI is InChI=1S/C9H12ClN3O/c1-4-6(2)13-14-9-5-8(10)11-7(3)12-9/h5H,4H2,1-3H3/b13-6+. The van der Waals surface area contributed by atoms with Crippen LogP contribution in [0, 0.1) is 6.92 Å². The molecule has 0 aromatic carbocycles. The number of hydrogen-bond acceptors (Lipinski definition) is 4. The Morgan fingerprint density at radius 2 is 2.29 bits per heavy atom. The van der Waals surface area contributed by atoms with Crippen LogP contribution in [0.25, 0.3) is 0 Å². The molecule has 0 spiro atoms. The van der Waals surface area contributed by atoms with Gasteiger partial charge in [-0.25, -0.2) is 4.98 Å². The van der Waals surface area contributed by atoms with Crippen LogP contribution in [0.15, 0.2) is 11.2 Å². The molecule has 0 unspecified atom stereocenters. The molecule has 0 atom stereocenters. The largest absolute Gasteiger partial charge is 0.336 e. The van der Waals surface area contributed by atoms with Crippen molar-refractivity contribution in [2.24, 2.45) is 5.16 Å². The maximum atomic E-state index is 5.72. The molecule has 0 bridgehead atoms. The zero-order valence-corrected chi connectivity index (χ0v) is 9.17. The Morgan fingerprint density at radius 1 is 1.57 bits per heavy atom. The Bertz CT molecular complexity index is 332. The van der Waals surface area contributed by atoms with Gasteiger partial charge in [-0.3, -0.25) is 0 Å². The SMILES string of the molecule is CC/C(C)=N/Oc1cc(Cl)nc(C)n1. The van der Waals surface area contributed by atoms with E-state index < -0.39 is 0 Å². The van der Waals surface area contributed by atoms with Crippen molar-refractivity contribution in [2.45, 2.75) is 27.2 Å². The Hall–Kier alpha value is -1.16. The number of hydrogen-bond donors (Lipinski definition) is 0. The third kappa shape index (κ3) is 3.30. The summed E-state index contributed by atoms with van der Waals surface area (Å²) < 4.78 is 0. The summed E-state index contributed by atoms with van der Waals surface area (Å²) in [6.07, 6.45) is 0.845. The van der Waals surface area contributed by atoms with Crippen molar-refractivity contribution < 1.29 is 4.84 Å². The fourth-order valence-corrected chi connectivity index (χ4v) is 0.957. The minimum Gasteiger partial charge on any atom is -0.336 e. The van der Waals surface area contributed by atoms with Crippen LogP contribution >= 0.6 is 11.6 Å². The van der Waals surface area contributed by atoms with Crippen LogP contribution in [0.4, 0.5) is 0 Å². The van der Waals surface area contributed by atoms with E-state index in [9.17, 15) is 0 Å². The third-order valence-corrected chi connectivity index (χ3v) is 1.78. The summed E-state index contributed by atoms with van der Waals surface area (Å²) in [5, 5.41) is 4.22. The summed E-state index contributed by atoms with van der Waals surface area (Å²) in [4.78, 5) is 13.0. The van der Waals surface area contributed by atoms with Crippen molar-refractivity contribution in [2.75, 3.05) is 0 Å². The molecule has 1 rings (SSSR count). The van der Waals surface area contributed by atoms with Crippen molar-refractivity contribution in [3.8, 4) is 5.88 Å². The molecule has 4 nitrogen and oxygen atoms in total. The number of nitrogens with zero attached hydrogens (tertiary/aromatic N) is 3.